The van der Waals surface area contributed by atoms with Crippen molar-refractivity contribution in [2.45, 2.75) is 19.3 Å². The number of rotatable bonds is 4. The van der Waals surface area contributed by atoms with Gasteiger partial charge in [0.15, 0.2) is 0 Å². The summed E-state index contributed by atoms with van der Waals surface area (Å²) in [5, 5.41) is 0. The Hall–Kier alpha value is -1.31. The lowest BCUT2D eigenvalue weighted by molar-refractivity contribution is -0.108. The van der Waals surface area contributed by atoms with Crippen molar-refractivity contribution in [2.24, 2.45) is 5.92 Å². The van der Waals surface area contributed by atoms with Crippen LogP contribution in [0.15, 0.2) is 24.3 Å². The Bertz CT molecular complexity index is 333. The number of aldehydes is 1. The van der Waals surface area contributed by atoms with Gasteiger partial charge in [0.05, 0.1) is 6.61 Å². The van der Waals surface area contributed by atoms with Crippen LogP contribution < -0.4 is 4.74 Å². The SMILES string of the molecule is CCOc1cccc([C@H]2C[C@H]2C=O)c1. The van der Waals surface area contributed by atoms with Crippen LogP contribution in [0.4, 0.5) is 0 Å². The van der Waals surface area contributed by atoms with Gasteiger partial charge in [-0.3, -0.25) is 0 Å². The fourth-order valence-electron chi connectivity index (χ4n) is 1.75. The highest BCUT2D eigenvalue weighted by molar-refractivity contribution is 5.61. The lowest BCUT2D eigenvalue weighted by Gasteiger charge is -2.04. The summed E-state index contributed by atoms with van der Waals surface area (Å²) < 4.78 is 5.40. The second-order valence-corrected chi connectivity index (χ2v) is 3.65. The maximum Gasteiger partial charge on any atom is 0.123 e. The molecule has 1 aromatic rings. The molecule has 2 atom stereocenters. The molecule has 0 unspecified atom stereocenters. The van der Waals surface area contributed by atoms with Crippen molar-refractivity contribution in [1.29, 1.82) is 0 Å². The normalized spacial score (nSPS) is 24.4. The lowest BCUT2D eigenvalue weighted by Crippen LogP contribution is -1.92. The molecule has 0 spiro atoms. The van der Waals surface area contributed by atoms with Gasteiger partial charge in [0.25, 0.3) is 0 Å². The van der Waals surface area contributed by atoms with Gasteiger partial charge < -0.3 is 9.53 Å². The first-order valence-electron chi connectivity index (χ1n) is 5.03. The molecule has 0 saturated heterocycles. The largest absolute Gasteiger partial charge is 0.494 e. The van der Waals surface area contributed by atoms with Crippen LogP contribution in [0.3, 0.4) is 0 Å². The van der Waals surface area contributed by atoms with Crippen molar-refractivity contribution in [3.63, 3.8) is 0 Å². The highest BCUT2D eigenvalue weighted by Crippen LogP contribution is 2.46. The van der Waals surface area contributed by atoms with E-state index in [1.165, 1.54) is 5.56 Å². The van der Waals surface area contributed by atoms with Gasteiger partial charge >= 0.3 is 0 Å². The van der Waals surface area contributed by atoms with Crippen LogP contribution >= 0.6 is 0 Å². The number of carbonyl (C=O) groups is 1. The first-order valence-corrected chi connectivity index (χ1v) is 5.03. The molecule has 1 saturated carbocycles. The van der Waals surface area contributed by atoms with Crippen molar-refractivity contribution in [3.8, 4) is 5.75 Å². The molecule has 0 heterocycles. The van der Waals surface area contributed by atoms with Crippen LogP contribution in [0.25, 0.3) is 0 Å². The molecule has 0 aliphatic heterocycles. The third-order valence-corrected chi connectivity index (χ3v) is 2.61. The summed E-state index contributed by atoms with van der Waals surface area (Å²) in [6.07, 6.45) is 2.05. The second-order valence-electron chi connectivity index (χ2n) is 3.65. The summed E-state index contributed by atoms with van der Waals surface area (Å²) in [5.74, 6) is 1.58. The van der Waals surface area contributed by atoms with Gasteiger partial charge in [0.1, 0.15) is 12.0 Å². The van der Waals surface area contributed by atoms with E-state index >= 15 is 0 Å². The number of hydrogen-bond donors (Lipinski definition) is 0. The fraction of sp³-hybridized carbons (Fsp3) is 0.417. The minimum atomic E-state index is 0.242. The Morgan fingerprint density at radius 2 is 2.43 bits per heavy atom. The Kier molecular flexibility index (Phi) is 2.53. The predicted molar refractivity (Wildman–Crippen MR) is 54.5 cm³/mol. The molecule has 0 bridgehead atoms. The van der Waals surface area contributed by atoms with Crippen LogP contribution in [-0.4, -0.2) is 12.9 Å². The van der Waals surface area contributed by atoms with E-state index in [-0.39, 0.29) is 5.92 Å². The molecule has 0 aromatic heterocycles. The van der Waals surface area contributed by atoms with Gasteiger partial charge in [-0.05, 0) is 37.0 Å². The van der Waals surface area contributed by atoms with Gasteiger partial charge in [0.2, 0.25) is 0 Å². The standard InChI is InChI=1S/C12H14O2/c1-2-14-11-5-3-4-9(6-11)12-7-10(12)8-13/h3-6,8,10,12H,2,7H2,1H3/t10-,12+/m0/s1. The summed E-state index contributed by atoms with van der Waals surface area (Å²) in [7, 11) is 0. The molecule has 2 nitrogen and oxygen atoms in total. The van der Waals surface area contributed by atoms with E-state index in [2.05, 4.69) is 6.07 Å². The zero-order valence-electron chi connectivity index (χ0n) is 8.27. The molecule has 74 valence electrons. The zero-order valence-corrected chi connectivity index (χ0v) is 8.27. The predicted octanol–water partition coefficient (Wildman–Crippen LogP) is 2.39. The number of hydrogen-bond acceptors (Lipinski definition) is 2. The maximum atomic E-state index is 10.5. The van der Waals surface area contributed by atoms with E-state index in [0.717, 1.165) is 18.5 Å². The minimum Gasteiger partial charge on any atom is -0.494 e. The molecular weight excluding hydrogens is 176 g/mol. The van der Waals surface area contributed by atoms with Crippen molar-refractivity contribution in [1.82, 2.24) is 0 Å². The summed E-state index contributed by atoms with van der Waals surface area (Å²) >= 11 is 0. The number of benzene rings is 1. The van der Waals surface area contributed by atoms with E-state index in [4.69, 9.17) is 4.74 Å². The van der Waals surface area contributed by atoms with E-state index < -0.39 is 0 Å². The number of carbonyl (C=O) groups excluding carboxylic acids is 1. The van der Waals surface area contributed by atoms with E-state index in [1.54, 1.807) is 0 Å². The molecule has 1 aliphatic rings. The molecule has 0 amide bonds. The third-order valence-electron chi connectivity index (χ3n) is 2.61. The Morgan fingerprint density at radius 1 is 1.57 bits per heavy atom. The van der Waals surface area contributed by atoms with Crippen molar-refractivity contribution in [3.05, 3.63) is 29.8 Å². The van der Waals surface area contributed by atoms with Crippen LogP contribution in [0.2, 0.25) is 0 Å². The quantitative estimate of drug-likeness (QED) is 0.681. The highest BCUT2D eigenvalue weighted by Gasteiger charge is 2.37. The lowest BCUT2D eigenvalue weighted by atomic mass is 10.1. The summed E-state index contributed by atoms with van der Waals surface area (Å²) in [4.78, 5) is 10.5. The topological polar surface area (TPSA) is 26.3 Å². The van der Waals surface area contributed by atoms with Gasteiger partial charge in [-0.15, -0.1) is 0 Å². The van der Waals surface area contributed by atoms with Crippen LogP contribution in [-0.2, 0) is 4.79 Å². The molecule has 0 radical (unpaired) electrons. The average molecular weight is 190 g/mol. The van der Waals surface area contributed by atoms with Crippen LogP contribution in [0, 0.1) is 5.92 Å². The summed E-state index contributed by atoms with van der Waals surface area (Å²) in [6, 6.07) is 8.04. The Morgan fingerprint density at radius 3 is 3.07 bits per heavy atom. The van der Waals surface area contributed by atoms with E-state index in [9.17, 15) is 4.79 Å². The van der Waals surface area contributed by atoms with E-state index in [1.807, 2.05) is 25.1 Å². The second kappa shape index (κ2) is 3.82. The summed E-state index contributed by atoms with van der Waals surface area (Å²) in [5.41, 5.74) is 1.23. The molecule has 1 fully saturated rings. The van der Waals surface area contributed by atoms with Gasteiger partial charge in [-0.1, -0.05) is 12.1 Å². The van der Waals surface area contributed by atoms with Crippen molar-refractivity contribution >= 4 is 6.29 Å². The molecular formula is C12H14O2. The van der Waals surface area contributed by atoms with Crippen LogP contribution in [0.1, 0.15) is 24.8 Å². The van der Waals surface area contributed by atoms with Crippen molar-refractivity contribution in [2.75, 3.05) is 6.61 Å². The fourth-order valence-corrected chi connectivity index (χ4v) is 1.75. The van der Waals surface area contributed by atoms with Gasteiger partial charge in [-0.2, -0.15) is 0 Å². The zero-order chi connectivity index (χ0) is 9.97. The average Bonchev–Trinajstić information content (AvgIpc) is 2.98. The van der Waals surface area contributed by atoms with Gasteiger partial charge in [-0.25, -0.2) is 0 Å². The smallest absolute Gasteiger partial charge is 0.123 e. The summed E-state index contributed by atoms with van der Waals surface area (Å²) in [6.45, 7) is 2.66. The minimum absolute atomic E-state index is 0.242. The first-order chi connectivity index (χ1) is 6.85. The van der Waals surface area contributed by atoms with Gasteiger partial charge in [0, 0.05) is 5.92 Å². The maximum absolute atomic E-state index is 10.5. The van der Waals surface area contributed by atoms with Crippen molar-refractivity contribution < 1.29 is 9.53 Å². The first kappa shape index (κ1) is 9.25. The molecule has 1 aliphatic carbocycles. The molecule has 14 heavy (non-hydrogen) atoms. The monoisotopic (exact) mass is 190 g/mol. The Balaban J connectivity index is 2.11. The van der Waals surface area contributed by atoms with E-state index in [0.29, 0.717) is 12.5 Å². The molecule has 1 aromatic carbocycles. The molecule has 2 heteroatoms. The number of ether oxygens (including phenoxy) is 1. The molecule has 0 N–H and O–H groups in total. The Labute approximate surface area is 83.9 Å². The highest BCUT2D eigenvalue weighted by atomic mass is 16.5. The van der Waals surface area contributed by atoms with Crippen LogP contribution in [0.5, 0.6) is 5.75 Å². The third kappa shape index (κ3) is 1.79. The molecule has 2 rings (SSSR count).